The number of aromatic carboxylic acids is 1. The van der Waals surface area contributed by atoms with Gasteiger partial charge in [-0.05, 0) is 48.7 Å². The molecule has 0 bridgehead atoms. The molecule has 0 saturated carbocycles. The van der Waals surface area contributed by atoms with Crippen molar-refractivity contribution in [2.45, 2.75) is 131 Å². The predicted molar refractivity (Wildman–Crippen MR) is 271 cm³/mol. The summed E-state index contributed by atoms with van der Waals surface area (Å²) < 4.78 is 41.8. The summed E-state index contributed by atoms with van der Waals surface area (Å²) >= 11 is 0. The number of benzene rings is 3. The highest BCUT2D eigenvalue weighted by Gasteiger charge is 2.53. The largest absolute Gasteiger partial charge is 0.545 e. The highest BCUT2D eigenvalue weighted by molar-refractivity contribution is 6.09. The van der Waals surface area contributed by atoms with Crippen LogP contribution in [0, 0.1) is 0 Å². The number of hydrogen-bond donors (Lipinski definition) is 11. The maximum absolute atomic E-state index is 13.2. The Balaban J connectivity index is 0.794. The molecule has 4 heterocycles. The Morgan fingerprint density at radius 3 is 1.97 bits per heavy atom. The molecule has 77 heavy (non-hydrogen) atoms. The first-order valence-corrected chi connectivity index (χ1v) is 25.8. The van der Waals surface area contributed by atoms with E-state index in [9.17, 15) is 65.4 Å². The molecule has 11 N–H and O–H groups in total. The van der Waals surface area contributed by atoms with Crippen LogP contribution in [0.1, 0.15) is 65.7 Å². The summed E-state index contributed by atoms with van der Waals surface area (Å²) in [7, 11) is 7.64. The number of nitrogens with zero attached hydrogens (tertiary/aromatic N) is 2. The lowest BCUT2D eigenvalue weighted by Gasteiger charge is -2.47. The Hall–Kier alpha value is -5.26. The first kappa shape index (κ1) is 59.4. The van der Waals surface area contributed by atoms with Gasteiger partial charge in [-0.1, -0.05) is 31.7 Å². The molecule has 5 aliphatic rings. The quantitative estimate of drug-likeness (QED) is 0.0205. The highest BCUT2D eigenvalue weighted by atomic mass is 16.8. The molecule has 424 valence electrons. The van der Waals surface area contributed by atoms with Gasteiger partial charge >= 0.3 is 0 Å². The molecule has 2 amide bonds. The van der Waals surface area contributed by atoms with E-state index in [1.807, 2.05) is 74.1 Å². The van der Waals surface area contributed by atoms with Crippen LogP contribution in [0.3, 0.4) is 0 Å². The van der Waals surface area contributed by atoms with Crippen LogP contribution in [-0.4, -0.2) is 217 Å². The standard InChI is InChI=1S/C53H72N4O20/c1-56(2)28-13-16-31-35(22-28)73-36-23-29(57(3)4)14-17-32(36)40(31)30-15-12-27(21-33(30)50(69)70)49(68)55-19-18-54-39(61)11-9-7-5-6-8-10-20-71-51-45(66)42(63)48(37(24-58)74-51)77-53-46(67)43(64)47(38(25-59)75-53)76-52-44(65)41(62)34(60)26-72-52/h12-17,21-23,34,37-38,41-48,51-53,58-60,62-67H,5-11,18-20,24-26H2,1-4H3,(H2-,54,55,61,68,69,70)/t34-,37+,38+,41-,42+,43+,44+,45+,46+,47-,48+,51+,52+,53-/m0/s1. The van der Waals surface area contributed by atoms with E-state index >= 15 is 0 Å². The molecular weight excluding hydrogens is 1010 g/mol. The number of carbonyl (C=O) groups excluding carboxylic acids is 3. The number of amides is 2. The molecule has 0 unspecified atom stereocenters. The lowest BCUT2D eigenvalue weighted by molar-refractivity contribution is -0.374. The molecule has 24 heteroatoms. The molecule has 2 aromatic rings. The zero-order valence-electron chi connectivity index (χ0n) is 43.4. The molecule has 0 radical (unpaired) electrons. The molecule has 24 nitrogen and oxygen atoms in total. The van der Waals surface area contributed by atoms with Gasteiger partial charge in [-0.25, -0.2) is 4.58 Å². The monoisotopic (exact) mass is 1080 g/mol. The van der Waals surface area contributed by atoms with Crippen LogP contribution < -0.4 is 30.6 Å². The third kappa shape index (κ3) is 14.1. The highest BCUT2D eigenvalue weighted by Crippen LogP contribution is 2.42. The summed E-state index contributed by atoms with van der Waals surface area (Å²) in [6.45, 7) is -1.55. The van der Waals surface area contributed by atoms with Crippen molar-refractivity contribution in [3.05, 3.63) is 71.1 Å². The second kappa shape index (κ2) is 27.1. The average molecular weight is 1090 g/mol. The van der Waals surface area contributed by atoms with E-state index in [4.69, 9.17) is 32.8 Å². The number of nitrogens with one attached hydrogen (secondary N) is 2. The van der Waals surface area contributed by atoms with Gasteiger partial charge < -0.3 is 104 Å². The second-order valence-corrected chi connectivity index (χ2v) is 19.9. The Morgan fingerprint density at radius 1 is 0.701 bits per heavy atom. The number of hydrogen-bond acceptors (Lipinski definition) is 21. The van der Waals surface area contributed by atoms with Gasteiger partial charge in [0.05, 0.1) is 31.9 Å². The lowest BCUT2D eigenvalue weighted by Crippen LogP contribution is -2.66. The molecule has 3 fully saturated rings. The molecule has 3 saturated heterocycles. The number of anilines is 1. The molecule has 1 aliphatic carbocycles. The maximum atomic E-state index is 13.2. The van der Waals surface area contributed by atoms with Gasteiger partial charge in [0.15, 0.2) is 18.9 Å². The van der Waals surface area contributed by atoms with E-state index < -0.39 is 118 Å². The van der Waals surface area contributed by atoms with E-state index in [2.05, 4.69) is 10.6 Å². The van der Waals surface area contributed by atoms with Crippen LogP contribution in [0.25, 0.3) is 33.4 Å². The van der Waals surface area contributed by atoms with Crippen molar-refractivity contribution in [1.29, 1.82) is 0 Å². The van der Waals surface area contributed by atoms with Crippen molar-refractivity contribution < 1.29 is 98.3 Å². The molecule has 2 aromatic carbocycles. The summed E-state index contributed by atoms with van der Waals surface area (Å²) in [5, 5.41) is 114. The third-order valence-corrected chi connectivity index (χ3v) is 14.0. The number of aliphatic hydroxyl groups is 9. The predicted octanol–water partition coefficient (Wildman–Crippen LogP) is -2.65. The number of fused-ring (bicyclic) bond motifs is 2. The summed E-state index contributed by atoms with van der Waals surface area (Å²) in [5.41, 5.74) is 3.05. The Morgan fingerprint density at radius 2 is 1.31 bits per heavy atom. The van der Waals surface area contributed by atoms with E-state index in [0.717, 1.165) is 36.7 Å². The number of carboxylic acids is 1. The van der Waals surface area contributed by atoms with Crippen molar-refractivity contribution in [1.82, 2.24) is 15.2 Å². The minimum absolute atomic E-state index is 0.101. The summed E-state index contributed by atoms with van der Waals surface area (Å²) in [5.74, 6) is -1.61. The van der Waals surface area contributed by atoms with Gasteiger partial charge in [-0.3, -0.25) is 9.59 Å². The Kier molecular flexibility index (Phi) is 20.9. The van der Waals surface area contributed by atoms with E-state index in [0.29, 0.717) is 46.3 Å². The first-order valence-electron chi connectivity index (χ1n) is 25.8. The minimum atomic E-state index is -1.89. The van der Waals surface area contributed by atoms with Crippen LogP contribution >= 0.6 is 0 Å². The van der Waals surface area contributed by atoms with Crippen molar-refractivity contribution in [2.24, 2.45) is 0 Å². The summed E-state index contributed by atoms with van der Waals surface area (Å²) in [6, 6.07) is 15.8. The zero-order chi connectivity index (χ0) is 55.7. The average Bonchev–Trinajstić information content (AvgIpc) is 3.44. The number of unbranched alkanes of at least 4 members (excludes halogenated alkanes) is 5. The molecule has 7 rings (SSSR count). The van der Waals surface area contributed by atoms with E-state index in [-0.39, 0.29) is 43.2 Å². The van der Waals surface area contributed by atoms with Crippen molar-refractivity contribution in [3.8, 4) is 22.5 Å². The number of ether oxygens (including phenoxy) is 6. The maximum Gasteiger partial charge on any atom is 0.251 e. The van der Waals surface area contributed by atoms with Crippen LogP contribution in [0.4, 0.5) is 5.69 Å². The molecule has 0 aromatic heterocycles. The van der Waals surface area contributed by atoms with E-state index in [1.165, 1.54) is 6.07 Å². The normalized spacial score (nSPS) is 28.6. The minimum Gasteiger partial charge on any atom is -0.545 e. The van der Waals surface area contributed by atoms with Crippen molar-refractivity contribution >= 4 is 34.4 Å². The molecule has 14 atom stereocenters. The van der Waals surface area contributed by atoms with Gasteiger partial charge in [0.25, 0.3) is 5.91 Å². The summed E-state index contributed by atoms with van der Waals surface area (Å²) in [6.07, 6.45) is -17.7. The third-order valence-electron chi connectivity index (χ3n) is 14.0. The van der Waals surface area contributed by atoms with E-state index in [1.54, 1.807) is 12.1 Å². The van der Waals surface area contributed by atoms with Crippen LogP contribution in [0.15, 0.2) is 59.0 Å². The molecular formula is C53H72N4O20. The van der Waals surface area contributed by atoms with Gasteiger partial charge in [0, 0.05) is 85.7 Å². The second-order valence-electron chi connectivity index (χ2n) is 19.9. The fraction of sp³-hybridized carbons (Fsp3) is 0.585. The van der Waals surface area contributed by atoms with Gasteiger partial charge in [0.1, 0.15) is 92.6 Å². The molecule has 0 spiro atoms. The topological polar surface area (TPSA) is 355 Å². The molecule has 4 aliphatic heterocycles. The van der Waals surface area contributed by atoms with Gasteiger partial charge in [-0.2, -0.15) is 0 Å². The first-order chi connectivity index (χ1) is 36.8. The van der Waals surface area contributed by atoms with Crippen LogP contribution in [-0.2, 0) is 33.2 Å². The van der Waals surface area contributed by atoms with Crippen molar-refractivity contribution in [3.63, 3.8) is 0 Å². The summed E-state index contributed by atoms with van der Waals surface area (Å²) in [4.78, 5) is 40.4. The number of rotatable bonds is 23. The smallest absolute Gasteiger partial charge is 0.251 e. The SMILES string of the molecule is CN(C)c1ccc2c(-c3ccc(C(=O)NCCNC(=O)CCCCCCCCO[C@@H]4O[C@H](CO)[C@@H](O[C@@H]5O[C@H](CO)[C@H](O[C@H]6OC[C@H](O)[C@H](O)[C@H]6O)[C@H](O)[C@H]5O)[C@H](O)[C@H]4O)cc3C(=O)[O-])c3ccc(=[N+](C)C)cc-3oc2c1. The Bertz CT molecular complexity index is 2660. The van der Waals surface area contributed by atoms with Crippen molar-refractivity contribution in [2.75, 3.05) is 72.6 Å². The zero-order valence-corrected chi connectivity index (χ0v) is 43.4. The van der Waals surface area contributed by atoms with Gasteiger partial charge in [0.2, 0.25) is 11.3 Å². The Labute approximate surface area is 443 Å². The number of carbonyl (C=O) groups is 3. The fourth-order valence-electron chi connectivity index (χ4n) is 9.55. The van der Waals surface area contributed by atoms with Crippen LogP contribution in [0.5, 0.6) is 0 Å². The van der Waals surface area contributed by atoms with Gasteiger partial charge in [-0.15, -0.1) is 0 Å². The number of aliphatic hydroxyl groups excluding tert-OH is 9. The lowest BCUT2D eigenvalue weighted by atomic mass is 9.89. The van der Waals surface area contributed by atoms with Crippen LogP contribution in [0.2, 0.25) is 0 Å². The fourth-order valence-corrected chi connectivity index (χ4v) is 9.55. The number of carboxylic acid groups (broad SMARTS) is 1.